The predicted octanol–water partition coefficient (Wildman–Crippen LogP) is 6.49. The van der Waals surface area contributed by atoms with E-state index in [1.165, 1.54) is 0 Å². The zero-order valence-corrected chi connectivity index (χ0v) is 23.6. The second kappa shape index (κ2) is 11.3. The molecule has 0 saturated heterocycles. The van der Waals surface area contributed by atoms with Crippen molar-refractivity contribution in [2.75, 3.05) is 13.6 Å². The average Bonchev–Trinajstić information content (AvgIpc) is 2.96. The van der Waals surface area contributed by atoms with Crippen LogP contribution in [-0.4, -0.2) is 41.5 Å². The van der Waals surface area contributed by atoms with Crippen molar-refractivity contribution in [3.05, 3.63) is 106 Å². The maximum absolute atomic E-state index is 13.6. The lowest BCUT2D eigenvalue weighted by molar-refractivity contribution is 0.0882. The monoisotopic (exact) mass is 581 g/mol. The third-order valence-electron chi connectivity index (χ3n) is 6.95. The third-order valence-corrected chi connectivity index (χ3v) is 7.39. The summed E-state index contributed by atoms with van der Waals surface area (Å²) in [4.78, 5) is 36.8. The maximum Gasteiger partial charge on any atom is 0.255 e. The lowest BCUT2D eigenvalue weighted by Crippen LogP contribution is -2.49. The maximum atomic E-state index is 13.6. The number of nitrogens with one attached hydrogen (secondary N) is 3. The molecule has 0 atom stereocenters. The van der Waals surface area contributed by atoms with Crippen molar-refractivity contribution in [3.63, 3.8) is 0 Å². The van der Waals surface area contributed by atoms with Crippen molar-refractivity contribution in [3.8, 4) is 0 Å². The molecule has 6 aromatic rings. The Hall–Kier alpha value is -4.30. The zero-order chi connectivity index (χ0) is 28.5. The number of hydrogen-bond donors (Lipinski definition) is 3. The van der Waals surface area contributed by atoms with Gasteiger partial charge in [0.05, 0.1) is 33.2 Å². The first kappa shape index (κ1) is 26.9. The number of benzene rings is 4. The molecule has 204 valence electrons. The van der Waals surface area contributed by atoms with Crippen molar-refractivity contribution in [2.45, 2.75) is 12.6 Å². The van der Waals surface area contributed by atoms with Crippen molar-refractivity contribution < 1.29 is 9.59 Å². The number of hydrogen-bond acceptors (Lipinski definition) is 5. The van der Waals surface area contributed by atoms with Crippen LogP contribution < -0.4 is 16.0 Å². The quantitative estimate of drug-likeness (QED) is 0.148. The topological polar surface area (TPSA) is 96.0 Å². The largest absolute Gasteiger partial charge is 0.332 e. The van der Waals surface area contributed by atoms with Crippen LogP contribution in [0, 0.1) is 0 Å². The Labute approximate surface area is 245 Å². The van der Waals surface area contributed by atoms with E-state index < -0.39 is 18.0 Å². The molecule has 2 heterocycles. The summed E-state index contributed by atoms with van der Waals surface area (Å²) in [6.45, 7) is 0.545. The highest BCUT2D eigenvalue weighted by Gasteiger charge is 2.22. The highest BCUT2D eigenvalue weighted by Crippen LogP contribution is 2.28. The number of carbonyl (C=O) groups is 2. The molecule has 2 amide bonds. The minimum absolute atomic E-state index is 0.323. The minimum Gasteiger partial charge on any atom is -0.332 e. The molecule has 3 N–H and O–H groups in total. The Morgan fingerprint density at radius 2 is 1.15 bits per heavy atom. The Bertz CT molecular complexity index is 1840. The van der Waals surface area contributed by atoms with Crippen LogP contribution in [-0.2, 0) is 0 Å². The third kappa shape index (κ3) is 5.52. The Morgan fingerprint density at radius 1 is 0.683 bits per heavy atom. The summed E-state index contributed by atoms with van der Waals surface area (Å²) >= 11 is 12.8. The van der Waals surface area contributed by atoms with E-state index in [1.54, 1.807) is 31.3 Å². The number of halogens is 2. The van der Waals surface area contributed by atoms with Gasteiger partial charge in [0.25, 0.3) is 11.8 Å². The van der Waals surface area contributed by atoms with Gasteiger partial charge in [-0.05, 0) is 68.5 Å². The van der Waals surface area contributed by atoms with Crippen LogP contribution in [0.3, 0.4) is 0 Å². The van der Waals surface area contributed by atoms with Crippen molar-refractivity contribution in [2.24, 2.45) is 0 Å². The first-order valence-electron chi connectivity index (χ1n) is 13.1. The van der Waals surface area contributed by atoms with Crippen molar-refractivity contribution in [1.82, 2.24) is 25.9 Å². The van der Waals surface area contributed by atoms with Gasteiger partial charge in [0.2, 0.25) is 0 Å². The van der Waals surface area contributed by atoms with E-state index in [4.69, 9.17) is 33.2 Å². The number of carbonyl (C=O) groups excluding carboxylic acids is 2. The molecule has 0 radical (unpaired) electrons. The molecule has 41 heavy (non-hydrogen) atoms. The SMILES string of the molecule is CNCCC(NC(=O)c1cc(Cl)cc2cc3ccccc3nc12)NC(=O)c1cc(Cl)cc2cc3ccccc3nc12. The minimum atomic E-state index is -0.702. The molecule has 0 spiro atoms. The Morgan fingerprint density at radius 3 is 1.61 bits per heavy atom. The van der Waals surface area contributed by atoms with Gasteiger partial charge in [0.1, 0.15) is 6.17 Å². The summed E-state index contributed by atoms with van der Waals surface area (Å²) in [5.41, 5.74) is 3.24. The number of para-hydroxylation sites is 2. The lowest BCUT2D eigenvalue weighted by atomic mass is 10.1. The van der Waals surface area contributed by atoms with E-state index >= 15 is 0 Å². The molecule has 0 saturated carbocycles. The van der Waals surface area contributed by atoms with E-state index in [0.29, 0.717) is 45.2 Å². The van der Waals surface area contributed by atoms with Gasteiger partial charge in [-0.25, -0.2) is 9.97 Å². The van der Waals surface area contributed by atoms with Gasteiger partial charge < -0.3 is 16.0 Å². The number of pyridine rings is 2. The molecule has 0 unspecified atom stereocenters. The Kier molecular flexibility index (Phi) is 7.41. The number of aromatic nitrogens is 2. The Balaban J connectivity index is 1.33. The second-order valence-electron chi connectivity index (χ2n) is 9.80. The number of nitrogens with zero attached hydrogens (tertiary/aromatic N) is 2. The van der Waals surface area contributed by atoms with Crippen molar-refractivity contribution in [1.29, 1.82) is 0 Å². The molecule has 0 bridgehead atoms. The summed E-state index contributed by atoms with van der Waals surface area (Å²) < 4.78 is 0. The van der Waals surface area contributed by atoms with Gasteiger partial charge in [-0.1, -0.05) is 59.6 Å². The van der Waals surface area contributed by atoms with Crippen LogP contribution in [0.25, 0.3) is 43.6 Å². The van der Waals surface area contributed by atoms with Crippen LogP contribution >= 0.6 is 23.2 Å². The van der Waals surface area contributed by atoms with Crippen LogP contribution in [0.4, 0.5) is 0 Å². The second-order valence-corrected chi connectivity index (χ2v) is 10.7. The molecule has 9 heteroatoms. The summed E-state index contributed by atoms with van der Waals surface area (Å²) in [5.74, 6) is -0.802. The smallest absolute Gasteiger partial charge is 0.255 e. The molecule has 4 aromatic carbocycles. The fourth-order valence-corrected chi connectivity index (χ4v) is 5.45. The highest BCUT2D eigenvalue weighted by molar-refractivity contribution is 6.32. The molecule has 0 aliphatic carbocycles. The first-order chi connectivity index (χ1) is 19.9. The number of rotatable bonds is 7. The fourth-order valence-electron chi connectivity index (χ4n) is 5.00. The van der Waals surface area contributed by atoms with E-state index in [1.807, 2.05) is 60.7 Å². The van der Waals surface area contributed by atoms with Gasteiger partial charge >= 0.3 is 0 Å². The summed E-state index contributed by atoms with van der Waals surface area (Å²) in [6.07, 6.45) is -0.274. The number of amides is 2. The van der Waals surface area contributed by atoms with Crippen LogP contribution in [0.2, 0.25) is 10.0 Å². The standard InChI is InChI=1S/C32H25Cl2N5O2/c1-35-11-10-28(38-31(40)24-16-22(33)14-20-12-18-6-2-4-8-26(18)36-29(20)24)39-32(41)25-17-23(34)15-21-13-19-7-3-5-9-27(19)37-30(21)25/h2-9,12-17,28,35H,10-11H2,1H3,(H,38,40)(H,39,41). The van der Waals surface area contributed by atoms with Crippen molar-refractivity contribution >= 4 is 78.6 Å². The molecule has 0 fully saturated rings. The predicted molar refractivity (Wildman–Crippen MR) is 166 cm³/mol. The molecule has 0 aliphatic rings. The zero-order valence-electron chi connectivity index (χ0n) is 22.0. The lowest BCUT2D eigenvalue weighted by Gasteiger charge is -2.21. The summed E-state index contributed by atoms with van der Waals surface area (Å²) in [7, 11) is 1.81. The molecule has 7 nitrogen and oxygen atoms in total. The van der Waals surface area contributed by atoms with Crippen LogP contribution in [0.15, 0.2) is 84.9 Å². The molecule has 2 aromatic heterocycles. The van der Waals surface area contributed by atoms with Gasteiger partial charge in [-0.2, -0.15) is 0 Å². The van der Waals surface area contributed by atoms with E-state index in [0.717, 1.165) is 32.6 Å². The van der Waals surface area contributed by atoms with Gasteiger partial charge in [0.15, 0.2) is 0 Å². The van der Waals surface area contributed by atoms with E-state index in [-0.39, 0.29) is 0 Å². The van der Waals surface area contributed by atoms with E-state index in [2.05, 4.69) is 16.0 Å². The molecular weight excluding hydrogens is 557 g/mol. The average molecular weight is 582 g/mol. The number of fused-ring (bicyclic) bond motifs is 4. The van der Waals surface area contributed by atoms with E-state index in [9.17, 15) is 9.59 Å². The molecule has 6 rings (SSSR count). The summed E-state index contributed by atoms with van der Waals surface area (Å²) in [5, 5.41) is 13.2. The first-order valence-corrected chi connectivity index (χ1v) is 13.9. The van der Waals surface area contributed by atoms with Crippen LogP contribution in [0.5, 0.6) is 0 Å². The fraction of sp³-hybridized carbons (Fsp3) is 0.125. The van der Waals surface area contributed by atoms with Crippen LogP contribution in [0.1, 0.15) is 27.1 Å². The van der Waals surface area contributed by atoms with Gasteiger partial charge in [-0.15, -0.1) is 0 Å². The summed E-state index contributed by atoms with van der Waals surface area (Å²) in [6, 6.07) is 26.1. The molecular formula is C32H25Cl2N5O2. The van der Waals surface area contributed by atoms with Gasteiger partial charge in [-0.3, -0.25) is 9.59 Å². The highest BCUT2D eigenvalue weighted by atomic mass is 35.5. The molecule has 0 aliphatic heterocycles. The normalized spacial score (nSPS) is 11.5. The van der Waals surface area contributed by atoms with Gasteiger partial charge in [0, 0.05) is 31.6 Å².